The number of piperidine rings is 1. The summed E-state index contributed by atoms with van der Waals surface area (Å²) in [6.07, 6.45) is 9.08. The van der Waals surface area contributed by atoms with Crippen LogP contribution in [0.2, 0.25) is 0 Å². The van der Waals surface area contributed by atoms with Crippen LogP contribution in [0.3, 0.4) is 0 Å². The summed E-state index contributed by atoms with van der Waals surface area (Å²) in [4.78, 5) is 18.8. The highest BCUT2D eigenvalue weighted by atomic mass is 16.3. The van der Waals surface area contributed by atoms with Gasteiger partial charge in [0.05, 0.1) is 17.5 Å². The Balaban J connectivity index is 1.40. The van der Waals surface area contributed by atoms with Gasteiger partial charge in [-0.05, 0) is 32.6 Å². The van der Waals surface area contributed by atoms with Crippen molar-refractivity contribution in [2.45, 2.75) is 63.8 Å². The second-order valence-corrected chi connectivity index (χ2v) is 8.29. The van der Waals surface area contributed by atoms with Gasteiger partial charge in [-0.25, -0.2) is 15.0 Å². The Labute approximate surface area is 160 Å². The third kappa shape index (κ3) is 2.93. The summed E-state index contributed by atoms with van der Waals surface area (Å²) in [5.41, 5.74) is 3.78. The predicted octanol–water partition coefficient (Wildman–Crippen LogP) is 1.74. The summed E-state index contributed by atoms with van der Waals surface area (Å²) in [6.45, 7) is 4.58. The van der Waals surface area contributed by atoms with E-state index in [0.717, 1.165) is 44.1 Å². The summed E-state index contributed by atoms with van der Waals surface area (Å²) in [6, 6.07) is 0.961. The number of rotatable bonds is 3. The van der Waals surface area contributed by atoms with Crippen LogP contribution in [0.5, 0.6) is 0 Å². The first kappa shape index (κ1) is 17.1. The molecule has 0 radical (unpaired) electrons. The lowest BCUT2D eigenvalue weighted by atomic mass is 9.99. The van der Waals surface area contributed by atoms with Gasteiger partial charge in [-0.3, -0.25) is 4.90 Å². The predicted molar refractivity (Wildman–Crippen MR) is 102 cm³/mol. The zero-order chi connectivity index (χ0) is 18.5. The number of aryl methyl sites for hydroxylation is 1. The molecule has 7 nitrogen and oxygen atoms in total. The Morgan fingerprint density at radius 1 is 1.19 bits per heavy atom. The molecule has 144 valence electrons. The van der Waals surface area contributed by atoms with E-state index in [1.807, 2.05) is 12.4 Å². The van der Waals surface area contributed by atoms with Gasteiger partial charge in [0.15, 0.2) is 0 Å². The third-order valence-corrected chi connectivity index (χ3v) is 6.66. The number of hydrogen-bond acceptors (Lipinski definition) is 6. The van der Waals surface area contributed by atoms with E-state index in [9.17, 15) is 5.11 Å². The Morgan fingerprint density at radius 3 is 2.85 bits per heavy atom. The molecule has 2 bridgehead atoms. The molecule has 3 unspecified atom stereocenters. The third-order valence-electron chi connectivity index (χ3n) is 6.66. The molecule has 0 aliphatic carbocycles. The summed E-state index contributed by atoms with van der Waals surface area (Å²) in [5, 5.41) is 9.96. The van der Waals surface area contributed by atoms with Gasteiger partial charge in [-0.15, -0.1) is 0 Å². The molecule has 2 aromatic heterocycles. The van der Waals surface area contributed by atoms with Crippen LogP contribution in [0.15, 0.2) is 12.4 Å². The summed E-state index contributed by atoms with van der Waals surface area (Å²) >= 11 is 0. The first-order chi connectivity index (χ1) is 13.1. The number of fused-ring (bicyclic) bond motifs is 4. The molecule has 0 amide bonds. The van der Waals surface area contributed by atoms with Crippen LogP contribution < -0.4 is 4.90 Å². The van der Waals surface area contributed by atoms with Gasteiger partial charge in [0, 0.05) is 63.1 Å². The molecule has 0 saturated carbocycles. The highest BCUT2D eigenvalue weighted by Gasteiger charge is 2.41. The maximum absolute atomic E-state index is 9.96. The van der Waals surface area contributed by atoms with Crippen LogP contribution in [0.1, 0.15) is 54.5 Å². The molecule has 3 aliphatic heterocycles. The topological polar surface area (TPSA) is 70.3 Å². The average molecular weight is 368 g/mol. The number of nitrogens with zero attached hydrogens (tertiary/aromatic N) is 6. The molecule has 2 aromatic rings. The minimum Gasteiger partial charge on any atom is -0.391 e. The fourth-order valence-electron chi connectivity index (χ4n) is 4.98. The van der Waals surface area contributed by atoms with Crippen molar-refractivity contribution in [3.05, 3.63) is 35.2 Å². The van der Waals surface area contributed by atoms with Gasteiger partial charge in [-0.1, -0.05) is 0 Å². The lowest BCUT2D eigenvalue weighted by molar-refractivity contribution is 0.152. The molecular formula is C20H28N6O. The molecule has 5 heterocycles. The van der Waals surface area contributed by atoms with Crippen LogP contribution in [0.25, 0.3) is 0 Å². The Morgan fingerprint density at radius 2 is 2.07 bits per heavy atom. The lowest BCUT2D eigenvalue weighted by Gasteiger charge is -2.36. The molecule has 5 rings (SSSR count). The lowest BCUT2D eigenvalue weighted by Crippen LogP contribution is -2.41. The van der Waals surface area contributed by atoms with E-state index >= 15 is 0 Å². The monoisotopic (exact) mass is 368 g/mol. The molecule has 7 heteroatoms. The highest BCUT2D eigenvalue weighted by molar-refractivity contribution is 5.38. The first-order valence-electron chi connectivity index (χ1n) is 10.1. The van der Waals surface area contributed by atoms with Gasteiger partial charge in [0.25, 0.3) is 0 Å². The fraction of sp³-hybridized carbons (Fsp3) is 0.650. The minimum absolute atomic E-state index is 0.257. The molecule has 1 N–H and O–H groups in total. The van der Waals surface area contributed by atoms with E-state index in [4.69, 9.17) is 4.98 Å². The van der Waals surface area contributed by atoms with E-state index in [2.05, 4.69) is 38.3 Å². The maximum Gasteiger partial charge on any atom is 0.225 e. The number of β-amino-alcohol motifs (C(OH)–C–C–N with tert-alkyl or cyclic N) is 1. The van der Waals surface area contributed by atoms with Crippen LogP contribution in [0, 0.1) is 6.92 Å². The first-order valence-corrected chi connectivity index (χ1v) is 10.1. The number of hydrogen-bond donors (Lipinski definition) is 1. The molecule has 27 heavy (non-hydrogen) atoms. The number of imidazole rings is 1. The van der Waals surface area contributed by atoms with Crippen molar-refractivity contribution in [2.24, 2.45) is 7.05 Å². The molecule has 3 atom stereocenters. The Hall–Kier alpha value is -1.99. The van der Waals surface area contributed by atoms with Gasteiger partial charge in [0.1, 0.15) is 5.82 Å². The van der Waals surface area contributed by atoms with Gasteiger partial charge < -0.3 is 14.6 Å². The maximum atomic E-state index is 9.96. The number of aromatic nitrogens is 4. The van der Waals surface area contributed by atoms with E-state index in [1.165, 1.54) is 29.8 Å². The van der Waals surface area contributed by atoms with Crippen molar-refractivity contribution >= 4 is 5.95 Å². The number of aliphatic hydroxyl groups is 1. The molecule has 3 aliphatic rings. The Kier molecular flexibility index (Phi) is 4.16. The summed E-state index contributed by atoms with van der Waals surface area (Å²) in [5.74, 6) is 1.86. The van der Waals surface area contributed by atoms with Gasteiger partial charge in [0.2, 0.25) is 5.95 Å². The van der Waals surface area contributed by atoms with E-state index in [1.54, 1.807) is 0 Å². The zero-order valence-electron chi connectivity index (χ0n) is 16.2. The van der Waals surface area contributed by atoms with Crippen LogP contribution in [-0.2, 0) is 20.0 Å². The van der Waals surface area contributed by atoms with Crippen molar-refractivity contribution in [1.29, 1.82) is 0 Å². The van der Waals surface area contributed by atoms with E-state index < -0.39 is 0 Å². The number of anilines is 1. The average Bonchev–Trinajstić information content (AvgIpc) is 3.13. The van der Waals surface area contributed by atoms with E-state index in [-0.39, 0.29) is 6.10 Å². The van der Waals surface area contributed by atoms with Crippen molar-refractivity contribution < 1.29 is 5.11 Å². The van der Waals surface area contributed by atoms with Crippen molar-refractivity contribution in [2.75, 3.05) is 18.0 Å². The van der Waals surface area contributed by atoms with Crippen molar-refractivity contribution in [3.63, 3.8) is 0 Å². The Bertz CT molecular complexity index is 849. The standard InChI is InChI=1S/C20H28N6O/c1-13-21-9-15(24(13)2)11-26-14-5-6-19(26)17-10-22-20(23-18(17)8-14)25-7-3-4-16(27)12-25/h9-10,14,16,19,27H,3-8,11-12H2,1-2H3. The summed E-state index contributed by atoms with van der Waals surface area (Å²) in [7, 11) is 2.10. The highest BCUT2D eigenvalue weighted by Crippen LogP contribution is 2.44. The molecule has 2 fully saturated rings. The molecular weight excluding hydrogens is 340 g/mol. The van der Waals surface area contributed by atoms with Gasteiger partial charge in [-0.2, -0.15) is 0 Å². The van der Waals surface area contributed by atoms with Crippen molar-refractivity contribution in [3.8, 4) is 0 Å². The second-order valence-electron chi connectivity index (χ2n) is 8.29. The van der Waals surface area contributed by atoms with Gasteiger partial charge >= 0.3 is 0 Å². The SMILES string of the molecule is Cc1ncc(CN2C3CCC2c2cnc(N4CCCC(O)C4)nc2C3)n1C. The van der Waals surface area contributed by atoms with Crippen molar-refractivity contribution in [1.82, 2.24) is 24.4 Å². The van der Waals surface area contributed by atoms with Crippen LogP contribution in [0.4, 0.5) is 5.95 Å². The molecule has 0 spiro atoms. The molecule has 0 aromatic carbocycles. The fourth-order valence-corrected chi connectivity index (χ4v) is 4.98. The quantitative estimate of drug-likeness (QED) is 0.890. The summed E-state index contributed by atoms with van der Waals surface area (Å²) < 4.78 is 2.19. The van der Waals surface area contributed by atoms with Crippen LogP contribution >= 0.6 is 0 Å². The molecule has 2 saturated heterocycles. The number of aliphatic hydroxyl groups excluding tert-OH is 1. The minimum atomic E-state index is -0.257. The van der Waals surface area contributed by atoms with E-state index in [0.29, 0.717) is 18.6 Å². The largest absolute Gasteiger partial charge is 0.391 e. The second kappa shape index (κ2) is 6.56. The zero-order valence-corrected chi connectivity index (χ0v) is 16.2. The smallest absolute Gasteiger partial charge is 0.225 e. The normalized spacial score (nSPS) is 27.8. The van der Waals surface area contributed by atoms with Crippen LogP contribution in [-0.4, -0.2) is 54.8 Å².